The normalized spacial score (nSPS) is 10.5. The molecular weight excluding hydrogens is 228 g/mol. The molecule has 0 amide bonds. The first-order valence-electron chi connectivity index (χ1n) is 6.03. The molecule has 0 aliphatic rings. The highest BCUT2D eigenvalue weighted by Gasteiger charge is 2.12. The van der Waals surface area contributed by atoms with Crippen molar-refractivity contribution < 1.29 is 9.53 Å². The number of para-hydroxylation sites is 1. The summed E-state index contributed by atoms with van der Waals surface area (Å²) < 4.78 is 6.91. The van der Waals surface area contributed by atoms with E-state index < -0.39 is 0 Å². The molecule has 0 N–H and O–H groups in total. The number of aromatic nitrogens is 2. The third-order valence-electron chi connectivity index (χ3n) is 2.51. The average Bonchev–Trinajstić information content (AvgIpc) is 2.89. The number of rotatable bonds is 6. The van der Waals surface area contributed by atoms with Crippen molar-refractivity contribution in [3.05, 3.63) is 48.3 Å². The molecule has 0 spiro atoms. The monoisotopic (exact) mass is 244 g/mol. The lowest BCUT2D eigenvalue weighted by Gasteiger charge is -2.06. The van der Waals surface area contributed by atoms with Gasteiger partial charge in [-0.25, -0.2) is 4.68 Å². The summed E-state index contributed by atoms with van der Waals surface area (Å²) in [5, 5.41) is 4.18. The summed E-state index contributed by atoms with van der Waals surface area (Å²) in [7, 11) is 0. The number of hydrogen-bond donors (Lipinski definition) is 0. The van der Waals surface area contributed by atoms with E-state index in [0.29, 0.717) is 12.3 Å². The van der Waals surface area contributed by atoms with Gasteiger partial charge in [0.1, 0.15) is 12.3 Å². The molecule has 1 heterocycles. The van der Waals surface area contributed by atoms with Crippen molar-refractivity contribution in [1.29, 1.82) is 0 Å². The van der Waals surface area contributed by atoms with Gasteiger partial charge in [-0.2, -0.15) is 5.10 Å². The predicted octanol–water partition coefficient (Wildman–Crippen LogP) is 2.48. The van der Waals surface area contributed by atoms with Gasteiger partial charge >= 0.3 is 0 Å². The molecule has 0 unspecified atom stereocenters. The van der Waals surface area contributed by atoms with E-state index in [2.05, 4.69) is 5.10 Å². The average molecular weight is 244 g/mol. The van der Waals surface area contributed by atoms with Gasteiger partial charge in [-0.1, -0.05) is 25.1 Å². The number of carbonyl (C=O) groups excluding carboxylic acids is 1. The number of ether oxygens (including phenoxy) is 1. The first-order chi connectivity index (χ1) is 8.83. The van der Waals surface area contributed by atoms with Crippen molar-refractivity contribution in [2.45, 2.75) is 13.3 Å². The summed E-state index contributed by atoms with van der Waals surface area (Å²) in [6.07, 6.45) is 2.53. The topological polar surface area (TPSA) is 44.1 Å². The minimum atomic E-state index is -0.0511. The molecule has 94 valence electrons. The third kappa shape index (κ3) is 2.84. The maximum atomic E-state index is 12.0. The van der Waals surface area contributed by atoms with Crippen LogP contribution in [0.15, 0.2) is 42.6 Å². The van der Waals surface area contributed by atoms with Crippen molar-refractivity contribution in [2.75, 3.05) is 13.2 Å². The Morgan fingerprint density at radius 3 is 2.78 bits per heavy atom. The van der Waals surface area contributed by atoms with Crippen molar-refractivity contribution in [1.82, 2.24) is 9.78 Å². The molecule has 0 bridgehead atoms. The molecular formula is C14H16N2O2. The molecule has 0 aliphatic carbocycles. The molecule has 1 aromatic carbocycles. The van der Waals surface area contributed by atoms with Gasteiger partial charge < -0.3 is 4.74 Å². The Labute approximate surface area is 106 Å². The Morgan fingerprint density at radius 1 is 1.28 bits per heavy atom. The molecule has 0 radical (unpaired) electrons. The molecule has 0 atom stereocenters. The minimum Gasteiger partial charge on any atom is -0.373 e. The zero-order chi connectivity index (χ0) is 12.8. The van der Waals surface area contributed by atoms with E-state index in [1.54, 1.807) is 16.9 Å². The molecule has 2 aromatic rings. The first-order valence-corrected chi connectivity index (χ1v) is 6.03. The molecule has 0 aliphatic heterocycles. The second-order valence-electron chi connectivity index (χ2n) is 3.94. The van der Waals surface area contributed by atoms with Crippen molar-refractivity contribution in [3.63, 3.8) is 0 Å². The summed E-state index contributed by atoms with van der Waals surface area (Å²) in [5.74, 6) is -0.0511. The fourth-order valence-electron chi connectivity index (χ4n) is 1.67. The van der Waals surface area contributed by atoms with Gasteiger partial charge in [0.2, 0.25) is 5.78 Å². The Kier molecular flexibility index (Phi) is 4.25. The van der Waals surface area contributed by atoms with Crippen molar-refractivity contribution >= 4 is 5.78 Å². The van der Waals surface area contributed by atoms with E-state index in [1.807, 2.05) is 37.3 Å². The second-order valence-corrected chi connectivity index (χ2v) is 3.94. The zero-order valence-corrected chi connectivity index (χ0v) is 10.4. The highest BCUT2D eigenvalue weighted by atomic mass is 16.5. The van der Waals surface area contributed by atoms with E-state index in [1.165, 1.54) is 0 Å². The smallest absolute Gasteiger partial charge is 0.206 e. The van der Waals surface area contributed by atoms with Crippen LogP contribution in [0.25, 0.3) is 5.69 Å². The van der Waals surface area contributed by atoms with E-state index in [4.69, 9.17) is 4.74 Å². The summed E-state index contributed by atoms with van der Waals surface area (Å²) in [4.78, 5) is 12.0. The molecule has 0 fully saturated rings. The summed E-state index contributed by atoms with van der Waals surface area (Å²) in [6.45, 7) is 2.72. The lowest BCUT2D eigenvalue weighted by atomic mass is 10.2. The second kappa shape index (κ2) is 6.12. The number of ketones is 1. The van der Waals surface area contributed by atoms with E-state index in [0.717, 1.165) is 12.1 Å². The summed E-state index contributed by atoms with van der Waals surface area (Å²) in [6, 6.07) is 11.3. The van der Waals surface area contributed by atoms with E-state index in [-0.39, 0.29) is 12.4 Å². The Bertz CT molecular complexity index is 506. The van der Waals surface area contributed by atoms with Gasteiger partial charge in [0.25, 0.3) is 0 Å². The molecule has 18 heavy (non-hydrogen) atoms. The van der Waals surface area contributed by atoms with Crippen LogP contribution in [0.1, 0.15) is 23.8 Å². The van der Waals surface area contributed by atoms with Crippen LogP contribution >= 0.6 is 0 Å². The quantitative estimate of drug-likeness (QED) is 0.579. The number of carbonyl (C=O) groups is 1. The Hall–Kier alpha value is -1.94. The van der Waals surface area contributed by atoms with Crippen LogP contribution in [0.3, 0.4) is 0 Å². The number of hydrogen-bond acceptors (Lipinski definition) is 3. The maximum absolute atomic E-state index is 12.0. The molecule has 0 saturated carbocycles. The Morgan fingerprint density at radius 2 is 2.06 bits per heavy atom. The summed E-state index contributed by atoms with van der Waals surface area (Å²) >= 11 is 0. The van der Waals surface area contributed by atoms with Gasteiger partial charge in [0.15, 0.2) is 0 Å². The summed E-state index contributed by atoms with van der Waals surface area (Å²) in [5.41, 5.74) is 1.43. The van der Waals surface area contributed by atoms with Gasteiger partial charge in [-0.15, -0.1) is 0 Å². The highest BCUT2D eigenvalue weighted by molar-refractivity contribution is 5.96. The lowest BCUT2D eigenvalue weighted by molar-refractivity contribution is 0.0753. The first kappa shape index (κ1) is 12.5. The standard InChI is InChI=1S/C14H16N2O2/c1-2-10-18-11-14(17)13-8-9-15-16(13)12-6-4-3-5-7-12/h3-9H,2,10-11H2,1H3. The van der Waals surface area contributed by atoms with Gasteiger partial charge in [-0.05, 0) is 24.6 Å². The van der Waals surface area contributed by atoms with Crippen LogP contribution in [0, 0.1) is 0 Å². The van der Waals surface area contributed by atoms with Crippen LogP contribution in [-0.2, 0) is 4.74 Å². The number of nitrogens with zero attached hydrogens (tertiary/aromatic N) is 2. The largest absolute Gasteiger partial charge is 0.373 e. The van der Waals surface area contributed by atoms with Gasteiger partial charge in [-0.3, -0.25) is 4.79 Å². The maximum Gasteiger partial charge on any atom is 0.206 e. The van der Waals surface area contributed by atoms with Crippen molar-refractivity contribution in [2.24, 2.45) is 0 Å². The van der Waals surface area contributed by atoms with Crippen LogP contribution in [0.5, 0.6) is 0 Å². The fourth-order valence-corrected chi connectivity index (χ4v) is 1.67. The fraction of sp³-hybridized carbons (Fsp3) is 0.286. The SMILES string of the molecule is CCCOCC(=O)c1ccnn1-c1ccccc1. The molecule has 1 aromatic heterocycles. The molecule has 4 heteroatoms. The molecule has 4 nitrogen and oxygen atoms in total. The third-order valence-corrected chi connectivity index (χ3v) is 2.51. The van der Waals surface area contributed by atoms with Crippen LogP contribution in [0.2, 0.25) is 0 Å². The molecule has 2 rings (SSSR count). The zero-order valence-electron chi connectivity index (χ0n) is 10.4. The van der Waals surface area contributed by atoms with Crippen LogP contribution in [0.4, 0.5) is 0 Å². The van der Waals surface area contributed by atoms with Gasteiger partial charge in [0, 0.05) is 6.61 Å². The van der Waals surface area contributed by atoms with Crippen molar-refractivity contribution in [3.8, 4) is 5.69 Å². The van der Waals surface area contributed by atoms with Crippen LogP contribution in [-0.4, -0.2) is 28.8 Å². The highest BCUT2D eigenvalue weighted by Crippen LogP contribution is 2.10. The predicted molar refractivity (Wildman–Crippen MR) is 69.0 cm³/mol. The van der Waals surface area contributed by atoms with Crippen LogP contribution < -0.4 is 0 Å². The lowest BCUT2D eigenvalue weighted by Crippen LogP contribution is -2.14. The number of Topliss-reactive ketones (excluding diaryl/α,β-unsaturated/α-hetero) is 1. The van der Waals surface area contributed by atoms with Gasteiger partial charge in [0.05, 0.1) is 11.9 Å². The Balaban J connectivity index is 2.15. The van der Waals surface area contributed by atoms with E-state index >= 15 is 0 Å². The molecule has 0 saturated heterocycles. The van der Waals surface area contributed by atoms with E-state index in [9.17, 15) is 4.79 Å². The number of benzene rings is 1. The minimum absolute atomic E-state index is 0.0511.